The van der Waals surface area contributed by atoms with E-state index in [2.05, 4.69) is 36.8 Å². The lowest BCUT2D eigenvalue weighted by molar-refractivity contribution is 0.372. The predicted molar refractivity (Wildman–Crippen MR) is 112 cm³/mol. The second-order valence-electron chi connectivity index (χ2n) is 6.71. The van der Waals surface area contributed by atoms with Gasteiger partial charge >= 0.3 is 0 Å². The number of pyridine rings is 2. The summed E-state index contributed by atoms with van der Waals surface area (Å²) in [5, 5.41) is 4.05. The first-order chi connectivity index (χ1) is 14.9. The summed E-state index contributed by atoms with van der Waals surface area (Å²) in [6.45, 7) is 0.654. The Labute approximate surface area is 173 Å². The molecule has 5 rings (SSSR count). The van der Waals surface area contributed by atoms with E-state index in [0.717, 1.165) is 22.5 Å². The molecule has 0 atom stereocenters. The van der Waals surface area contributed by atoms with Crippen molar-refractivity contribution in [2.45, 2.75) is 13.0 Å². The van der Waals surface area contributed by atoms with Crippen LogP contribution in [0.4, 0.5) is 0 Å². The van der Waals surface area contributed by atoms with Gasteiger partial charge in [0.2, 0.25) is 11.7 Å². The van der Waals surface area contributed by atoms with Crippen LogP contribution in [-0.2, 0) is 13.0 Å². The van der Waals surface area contributed by atoms with Crippen LogP contribution in [0.25, 0.3) is 34.0 Å². The maximum Gasteiger partial charge on any atom is 0.228 e. The third-order valence-electron chi connectivity index (χ3n) is 4.77. The topological polar surface area (TPSA) is 82.5 Å². The molecule has 146 valence electrons. The summed E-state index contributed by atoms with van der Waals surface area (Å²) in [4.78, 5) is 17.6. The van der Waals surface area contributed by atoms with Crippen molar-refractivity contribution in [1.29, 1.82) is 0 Å². The highest BCUT2D eigenvalue weighted by molar-refractivity contribution is 5.78. The van der Waals surface area contributed by atoms with Gasteiger partial charge in [0.05, 0.1) is 17.7 Å². The van der Waals surface area contributed by atoms with Crippen LogP contribution in [0.3, 0.4) is 0 Å². The summed E-state index contributed by atoms with van der Waals surface area (Å²) in [5.74, 6) is 1.06. The minimum atomic E-state index is 0.496. The highest BCUT2D eigenvalue weighted by Crippen LogP contribution is 2.31. The minimum Gasteiger partial charge on any atom is -0.339 e. The van der Waals surface area contributed by atoms with Crippen molar-refractivity contribution < 1.29 is 4.52 Å². The monoisotopic (exact) mass is 394 g/mol. The van der Waals surface area contributed by atoms with E-state index in [9.17, 15) is 0 Å². The smallest absolute Gasteiger partial charge is 0.228 e. The molecule has 0 radical (unpaired) electrons. The fourth-order valence-electron chi connectivity index (χ4n) is 3.34. The predicted octanol–water partition coefficient (Wildman–Crippen LogP) is 4.30. The SMILES string of the molecule is c1ccc(-c2ncn(CCc3nc(-c4ccccn4)no3)c2-c2ccncc2)cc1. The van der Waals surface area contributed by atoms with Crippen LogP contribution in [0.15, 0.2) is 90.1 Å². The molecule has 0 amide bonds. The van der Waals surface area contributed by atoms with Crippen molar-refractivity contribution in [3.63, 3.8) is 0 Å². The van der Waals surface area contributed by atoms with Gasteiger partial charge in [0, 0.05) is 42.7 Å². The summed E-state index contributed by atoms with van der Waals surface area (Å²) < 4.78 is 7.55. The highest BCUT2D eigenvalue weighted by atomic mass is 16.5. The molecule has 4 aromatic heterocycles. The highest BCUT2D eigenvalue weighted by Gasteiger charge is 2.16. The van der Waals surface area contributed by atoms with Crippen LogP contribution < -0.4 is 0 Å². The number of benzene rings is 1. The van der Waals surface area contributed by atoms with Crippen molar-refractivity contribution in [3.05, 3.63) is 91.5 Å². The first-order valence-corrected chi connectivity index (χ1v) is 9.63. The second kappa shape index (κ2) is 8.08. The number of hydrogen-bond donors (Lipinski definition) is 0. The Morgan fingerprint density at radius 1 is 0.800 bits per heavy atom. The zero-order valence-electron chi connectivity index (χ0n) is 16.1. The van der Waals surface area contributed by atoms with Gasteiger partial charge in [-0.2, -0.15) is 4.98 Å². The van der Waals surface area contributed by atoms with Crippen LogP contribution in [0, 0.1) is 0 Å². The quantitative estimate of drug-likeness (QED) is 0.427. The van der Waals surface area contributed by atoms with Crippen LogP contribution in [0.2, 0.25) is 0 Å². The van der Waals surface area contributed by atoms with Gasteiger partial charge in [-0.15, -0.1) is 0 Å². The van der Waals surface area contributed by atoms with Crippen LogP contribution >= 0.6 is 0 Å². The zero-order chi connectivity index (χ0) is 20.2. The maximum atomic E-state index is 5.43. The second-order valence-corrected chi connectivity index (χ2v) is 6.71. The number of aryl methyl sites for hydroxylation is 2. The Balaban J connectivity index is 1.44. The van der Waals surface area contributed by atoms with Crippen LogP contribution in [0.5, 0.6) is 0 Å². The van der Waals surface area contributed by atoms with Gasteiger partial charge in [-0.1, -0.05) is 41.6 Å². The molecule has 4 heterocycles. The first-order valence-electron chi connectivity index (χ1n) is 9.63. The van der Waals surface area contributed by atoms with Gasteiger partial charge in [0.25, 0.3) is 0 Å². The van der Waals surface area contributed by atoms with E-state index in [1.807, 2.05) is 54.9 Å². The molecule has 0 aliphatic heterocycles. The van der Waals surface area contributed by atoms with Crippen molar-refractivity contribution in [2.75, 3.05) is 0 Å². The van der Waals surface area contributed by atoms with Crippen molar-refractivity contribution in [1.82, 2.24) is 29.7 Å². The summed E-state index contributed by atoms with van der Waals surface area (Å²) in [7, 11) is 0. The first kappa shape index (κ1) is 17.9. The number of imidazole rings is 1. The van der Waals surface area contributed by atoms with Crippen molar-refractivity contribution in [2.24, 2.45) is 0 Å². The largest absolute Gasteiger partial charge is 0.339 e. The van der Waals surface area contributed by atoms with Crippen LogP contribution in [0.1, 0.15) is 5.89 Å². The summed E-state index contributed by atoms with van der Waals surface area (Å²) >= 11 is 0. The fraction of sp³-hybridized carbons (Fsp3) is 0.0870. The van der Waals surface area contributed by atoms with Gasteiger partial charge in [0.15, 0.2) is 0 Å². The molecule has 0 saturated heterocycles. The molecule has 0 aliphatic rings. The molecule has 0 unspecified atom stereocenters. The number of nitrogens with zero attached hydrogens (tertiary/aromatic N) is 6. The molecular formula is C23H18N6O. The lowest BCUT2D eigenvalue weighted by Gasteiger charge is -2.09. The van der Waals surface area contributed by atoms with E-state index in [4.69, 9.17) is 9.51 Å². The molecule has 0 N–H and O–H groups in total. The molecule has 1 aromatic carbocycles. The lowest BCUT2D eigenvalue weighted by Crippen LogP contribution is -2.03. The van der Waals surface area contributed by atoms with Gasteiger partial charge in [-0.3, -0.25) is 9.97 Å². The maximum absolute atomic E-state index is 5.43. The fourth-order valence-corrected chi connectivity index (χ4v) is 3.34. The number of rotatable bonds is 6. The minimum absolute atomic E-state index is 0.496. The lowest BCUT2D eigenvalue weighted by atomic mass is 10.1. The Bertz CT molecular complexity index is 1230. The van der Waals surface area contributed by atoms with E-state index in [1.165, 1.54) is 0 Å². The number of hydrogen-bond acceptors (Lipinski definition) is 6. The summed E-state index contributed by atoms with van der Waals surface area (Å²) in [6, 6.07) is 19.8. The number of aromatic nitrogens is 6. The van der Waals surface area contributed by atoms with Crippen LogP contribution in [-0.4, -0.2) is 29.7 Å². The molecule has 0 aliphatic carbocycles. The van der Waals surface area contributed by atoms with E-state index >= 15 is 0 Å². The van der Waals surface area contributed by atoms with Crippen molar-refractivity contribution in [3.8, 4) is 34.0 Å². The Hall–Kier alpha value is -4.13. The van der Waals surface area contributed by atoms with Crippen molar-refractivity contribution >= 4 is 0 Å². The molecule has 7 heteroatoms. The normalized spacial score (nSPS) is 10.9. The summed E-state index contributed by atoms with van der Waals surface area (Å²) in [6.07, 6.45) is 7.73. The van der Waals surface area contributed by atoms with E-state index in [-0.39, 0.29) is 0 Å². The Morgan fingerprint density at radius 2 is 1.63 bits per heavy atom. The Morgan fingerprint density at radius 3 is 2.43 bits per heavy atom. The van der Waals surface area contributed by atoms with E-state index in [0.29, 0.717) is 30.4 Å². The third kappa shape index (κ3) is 3.60. The molecule has 30 heavy (non-hydrogen) atoms. The Kier molecular flexibility index (Phi) is 4.83. The van der Waals surface area contributed by atoms with Gasteiger partial charge in [-0.05, 0) is 24.3 Å². The molecule has 0 fully saturated rings. The van der Waals surface area contributed by atoms with E-state index in [1.54, 1.807) is 18.6 Å². The molecule has 0 saturated carbocycles. The molecule has 0 bridgehead atoms. The van der Waals surface area contributed by atoms with Gasteiger partial charge in [0.1, 0.15) is 5.69 Å². The average molecular weight is 394 g/mol. The zero-order valence-corrected chi connectivity index (χ0v) is 16.1. The molecule has 0 spiro atoms. The summed E-state index contributed by atoms with van der Waals surface area (Å²) in [5.41, 5.74) is 4.79. The van der Waals surface area contributed by atoms with E-state index < -0.39 is 0 Å². The molecule has 5 aromatic rings. The van der Waals surface area contributed by atoms with Gasteiger partial charge < -0.3 is 9.09 Å². The average Bonchev–Trinajstić information content (AvgIpc) is 3.47. The standard InChI is InChI=1S/C23H18N6O/c1-2-6-17(7-3-1)21-22(18-9-13-24-14-10-18)29(16-26-21)15-11-20-27-23(28-30-20)19-8-4-5-12-25-19/h1-10,12-14,16H,11,15H2. The third-order valence-corrected chi connectivity index (χ3v) is 4.77. The molecular weight excluding hydrogens is 376 g/mol. The molecule has 7 nitrogen and oxygen atoms in total. The van der Waals surface area contributed by atoms with Gasteiger partial charge in [-0.25, -0.2) is 4.98 Å².